The minimum atomic E-state index is -0.841. The van der Waals surface area contributed by atoms with E-state index in [0.717, 1.165) is 38.5 Å². The van der Waals surface area contributed by atoms with Gasteiger partial charge in [0.2, 0.25) is 5.91 Å². The van der Waals surface area contributed by atoms with Crippen molar-refractivity contribution < 1.29 is 24.5 Å². The zero-order valence-electron chi connectivity index (χ0n) is 56.7. The van der Waals surface area contributed by atoms with Crippen molar-refractivity contribution in [3.8, 4) is 0 Å². The largest absolute Gasteiger partial charge is 0.466 e. The molecule has 494 valence electrons. The summed E-state index contributed by atoms with van der Waals surface area (Å²) in [6.45, 7) is 4.96. The van der Waals surface area contributed by atoms with Gasteiger partial charge in [-0.15, -0.1) is 0 Å². The van der Waals surface area contributed by atoms with Gasteiger partial charge >= 0.3 is 5.97 Å². The minimum Gasteiger partial charge on any atom is -0.466 e. The zero-order valence-corrected chi connectivity index (χ0v) is 56.7. The molecule has 0 aliphatic rings. The fourth-order valence-corrected chi connectivity index (χ4v) is 12.5. The fourth-order valence-electron chi connectivity index (χ4n) is 12.5. The molecule has 0 bridgehead atoms. The molecule has 3 N–H and O–H groups in total. The number of amides is 1. The van der Waals surface area contributed by atoms with Gasteiger partial charge in [-0.25, -0.2) is 0 Å². The Labute approximate surface area is 520 Å². The molecule has 1 amide bonds. The SMILES string of the molecule is CCCCCCCCCCCCCCCCCC/C=C/C(O)C(CO)NC(=O)CCCCCCCCCCCCCCCCCCCCCCCCCCCCCCCCCOC(=O)CCCCCCCCCCCCCCCCCCC. The molecule has 0 aromatic heterocycles. The Morgan fingerprint density at radius 2 is 0.554 bits per heavy atom. The second-order valence-electron chi connectivity index (χ2n) is 26.7. The van der Waals surface area contributed by atoms with Gasteiger partial charge in [-0.3, -0.25) is 9.59 Å². The Kier molecular flexibility index (Phi) is 71.8. The van der Waals surface area contributed by atoms with Crippen molar-refractivity contribution in [2.24, 2.45) is 0 Å². The summed E-state index contributed by atoms with van der Waals surface area (Å²) in [4.78, 5) is 24.6. The van der Waals surface area contributed by atoms with Crippen molar-refractivity contribution in [1.82, 2.24) is 5.32 Å². The van der Waals surface area contributed by atoms with E-state index in [0.29, 0.717) is 19.4 Å². The van der Waals surface area contributed by atoms with Crippen LogP contribution in [0.5, 0.6) is 0 Å². The zero-order chi connectivity index (χ0) is 59.9. The van der Waals surface area contributed by atoms with Gasteiger partial charge in [0.05, 0.1) is 25.4 Å². The number of nitrogens with one attached hydrogen (secondary N) is 1. The molecular weight excluding hydrogens is 1020 g/mol. The predicted molar refractivity (Wildman–Crippen MR) is 366 cm³/mol. The van der Waals surface area contributed by atoms with Crippen molar-refractivity contribution in [3.05, 3.63) is 12.2 Å². The molecule has 0 rings (SSSR count). The first-order valence-electron chi connectivity index (χ1n) is 38.5. The lowest BCUT2D eigenvalue weighted by Crippen LogP contribution is -2.45. The average Bonchev–Trinajstić information content (AvgIpc) is 3.49. The Hall–Kier alpha value is -1.40. The summed E-state index contributed by atoms with van der Waals surface area (Å²) in [5, 5.41) is 23.2. The third-order valence-electron chi connectivity index (χ3n) is 18.3. The summed E-state index contributed by atoms with van der Waals surface area (Å²) >= 11 is 0. The van der Waals surface area contributed by atoms with Gasteiger partial charge in [0.25, 0.3) is 0 Å². The third-order valence-corrected chi connectivity index (χ3v) is 18.3. The number of esters is 1. The van der Waals surface area contributed by atoms with Crippen molar-refractivity contribution >= 4 is 11.9 Å². The molecule has 2 atom stereocenters. The quantitative estimate of drug-likeness (QED) is 0.0320. The van der Waals surface area contributed by atoms with Crippen LogP contribution in [0, 0.1) is 0 Å². The van der Waals surface area contributed by atoms with Crippen LogP contribution < -0.4 is 5.32 Å². The first kappa shape index (κ1) is 81.6. The first-order chi connectivity index (χ1) is 41.0. The van der Waals surface area contributed by atoms with E-state index in [1.807, 2.05) is 6.08 Å². The van der Waals surface area contributed by atoms with Crippen molar-refractivity contribution in [1.29, 1.82) is 0 Å². The van der Waals surface area contributed by atoms with Crippen LogP contribution in [0.25, 0.3) is 0 Å². The fraction of sp³-hybridized carbons (Fsp3) is 0.948. The van der Waals surface area contributed by atoms with Crippen LogP contribution in [0.2, 0.25) is 0 Å². The molecule has 0 aromatic rings. The summed E-state index contributed by atoms with van der Waals surface area (Å²) < 4.78 is 5.51. The highest BCUT2D eigenvalue weighted by Crippen LogP contribution is 2.20. The van der Waals surface area contributed by atoms with E-state index in [-0.39, 0.29) is 18.5 Å². The number of rotatable bonds is 73. The Bertz CT molecular complexity index is 1260. The molecule has 0 radical (unpaired) electrons. The standard InChI is InChI=1S/C77H151NO5/c1-3-5-7-9-11-13-15-17-19-21-38-41-45-49-53-57-61-65-69-75(80)74(73-79)78-76(81)70-66-62-58-54-50-46-42-39-35-33-31-29-27-25-23-22-24-26-28-30-32-34-36-40-44-48-52-56-60-64-68-72-83-77(82)71-67-63-59-55-51-47-43-37-20-18-16-14-12-10-8-6-4-2/h65,69,74-75,79-80H,3-64,66-68,70-73H2,1-2H3,(H,78,81)/b69-65+. The molecule has 83 heavy (non-hydrogen) atoms. The molecule has 6 heteroatoms. The molecule has 0 spiro atoms. The van der Waals surface area contributed by atoms with Crippen LogP contribution in [0.3, 0.4) is 0 Å². The highest BCUT2D eigenvalue weighted by molar-refractivity contribution is 5.76. The van der Waals surface area contributed by atoms with Gasteiger partial charge in [0.15, 0.2) is 0 Å². The molecule has 0 aliphatic carbocycles. The summed E-state index contributed by atoms with van der Waals surface area (Å²) in [6, 6.07) is -0.624. The van der Waals surface area contributed by atoms with Crippen LogP contribution in [0.4, 0.5) is 0 Å². The number of ether oxygens (including phenoxy) is 1. The molecule has 0 saturated carbocycles. The number of carbonyl (C=O) groups excluding carboxylic acids is 2. The molecule has 0 heterocycles. The first-order valence-corrected chi connectivity index (χ1v) is 38.5. The van der Waals surface area contributed by atoms with E-state index in [1.165, 1.54) is 379 Å². The molecule has 2 unspecified atom stereocenters. The highest BCUT2D eigenvalue weighted by Gasteiger charge is 2.18. The van der Waals surface area contributed by atoms with Crippen LogP contribution in [-0.4, -0.2) is 47.4 Å². The Morgan fingerprint density at radius 1 is 0.325 bits per heavy atom. The normalized spacial score (nSPS) is 12.5. The van der Waals surface area contributed by atoms with Crippen molar-refractivity contribution in [2.45, 2.75) is 456 Å². The lowest BCUT2D eigenvalue weighted by Gasteiger charge is -2.20. The second-order valence-corrected chi connectivity index (χ2v) is 26.7. The van der Waals surface area contributed by atoms with Gasteiger partial charge in [-0.2, -0.15) is 0 Å². The van der Waals surface area contributed by atoms with Gasteiger partial charge in [-0.1, -0.05) is 411 Å². The second kappa shape index (κ2) is 73.1. The molecule has 0 aromatic carbocycles. The molecule has 0 aliphatic heterocycles. The summed E-state index contributed by atoms with van der Waals surface area (Å²) in [6.07, 6.45) is 91.8. The van der Waals surface area contributed by atoms with E-state index in [4.69, 9.17) is 4.74 Å². The van der Waals surface area contributed by atoms with Crippen molar-refractivity contribution in [3.63, 3.8) is 0 Å². The number of hydrogen-bond acceptors (Lipinski definition) is 5. The lowest BCUT2D eigenvalue weighted by atomic mass is 10.0. The van der Waals surface area contributed by atoms with E-state index in [9.17, 15) is 19.8 Å². The van der Waals surface area contributed by atoms with Gasteiger partial charge in [-0.05, 0) is 32.1 Å². The smallest absolute Gasteiger partial charge is 0.305 e. The van der Waals surface area contributed by atoms with Gasteiger partial charge < -0.3 is 20.3 Å². The molecule has 6 nitrogen and oxygen atoms in total. The maximum Gasteiger partial charge on any atom is 0.305 e. The number of carbonyl (C=O) groups is 2. The molecule has 0 saturated heterocycles. The monoisotopic (exact) mass is 1170 g/mol. The van der Waals surface area contributed by atoms with E-state index < -0.39 is 12.1 Å². The van der Waals surface area contributed by atoms with Crippen LogP contribution >= 0.6 is 0 Å². The highest BCUT2D eigenvalue weighted by atomic mass is 16.5. The van der Waals surface area contributed by atoms with Crippen LogP contribution in [0.1, 0.15) is 444 Å². The minimum absolute atomic E-state index is 0.0255. The Morgan fingerprint density at radius 3 is 0.819 bits per heavy atom. The number of aliphatic hydroxyl groups excluding tert-OH is 2. The number of aliphatic hydroxyl groups is 2. The van der Waals surface area contributed by atoms with Gasteiger partial charge in [0.1, 0.15) is 0 Å². The van der Waals surface area contributed by atoms with Gasteiger partial charge in [0, 0.05) is 12.8 Å². The predicted octanol–water partition coefficient (Wildman–Crippen LogP) is 25.1. The summed E-state index contributed by atoms with van der Waals surface area (Å²) in [5.74, 6) is -0.0338. The van der Waals surface area contributed by atoms with Crippen LogP contribution in [-0.2, 0) is 14.3 Å². The Balaban J connectivity index is 3.33. The maximum atomic E-state index is 12.5. The summed E-state index contributed by atoms with van der Waals surface area (Å²) in [5.41, 5.74) is 0. The average molecular weight is 1170 g/mol. The lowest BCUT2D eigenvalue weighted by molar-refractivity contribution is -0.143. The molecular formula is C77H151NO5. The summed E-state index contributed by atoms with van der Waals surface area (Å²) in [7, 11) is 0. The maximum absolute atomic E-state index is 12.5. The van der Waals surface area contributed by atoms with Crippen molar-refractivity contribution in [2.75, 3.05) is 13.2 Å². The molecule has 0 fully saturated rings. The topological polar surface area (TPSA) is 95.9 Å². The van der Waals surface area contributed by atoms with Crippen LogP contribution in [0.15, 0.2) is 12.2 Å². The number of unbranched alkanes of at least 4 members (excludes halogenated alkanes) is 62. The number of allylic oxidation sites excluding steroid dienone is 1. The van der Waals surface area contributed by atoms with E-state index >= 15 is 0 Å². The third kappa shape index (κ3) is 69.6. The van der Waals surface area contributed by atoms with E-state index in [2.05, 4.69) is 19.2 Å². The van der Waals surface area contributed by atoms with E-state index in [1.54, 1.807) is 6.08 Å². The number of hydrogen-bond donors (Lipinski definition) is 3.